The average Bonchev–Trinajstić information content (AvgIpc) is 2.76. The first-order valence-electron chi connectivity index (χ1n) is 4.21. The van der Waals surface area contributed by atoms with Crippen LogP contribution < -0.4 is 0 Å². The van der Waals surface area contributed by atoms with Crippen LogP contribution in [0.15, 0.2) is 0 Å². The van der Waals surface area contributed by atoms with E-state index < -0.39 is 11.9 Å². The standard InChI is InChI=1S/C8H10N2O2S/c1-4-9-7(13-10-4)6(8(11)12)5-2-3-5/h5-6H,2-3H2,1H3,(H,11,12). The Balaban J connectivity index is 2.24. The molecule has 0 amide bonds. The topological polar surface area (TPSA) is 63.1 Å². The maximum Gasteiger partial charge on any atom is 0.313 e. The number of carbonyl (C=O) groups is 1. The van der Waals surface area contributed by atoms with E-state index in [1.165, 1.54) is 11.5 Å². The van der Waals surface area contributed by atoms with Crippen LogP contribution in [0, 0.1) is 12.8 Å². The number of aromatic nitrogens is 2. The summed E-state index contributed by atoms with van der Waals surface area (Å²) in [5, 5.41) is 9.64. The zero-order valence-electron chi connectivity index (χ0n) is 7.23. The van der Waals surface area contributed by atoms with Crippen molar-refractivity contribution in [2.24, 2.45) is 5.92 Å². The molecule has 1 aromatic rings. The Labute approximate surface area is 79.8 Å². The summed E-state index contributed by atoms with van der Waals surface area (Å²) >= 11 is 1.21. The Morgan fingerprint density at radius 2 is 2.38 bits per heavy atom. The van der Waals surface area contributed by atoms with Crippen LogP contribution >= 0.6 is 11.5 Å². The molecule has 0 bridgehead atoms. The predicted octanol–water partition coefficient (Wildman–Crippen LogP) is 1.42. The fourth-order valence-electron chi connectivity index (χ4n) is 1.38. The van der Waals surface area contributed by atoms with Crippen LogP contribution in [-0.4, -0.2) is 20.4 Å². The fraction of sp³-hybridized carbons (Fsp3) is 0.625. The monoisotopic (exact) mass is 198 g/mol. The Hall–Kier alpha value is -0.970. The zero-order chi connectivity index (χ0) is 9.42. The van der Waals surface area contributed by atoms with Gasteiger partial charge in [0.2, 0.25) is 0 Å². The number of aliphatic carboxylic acids is 1. The van der Waals surface area contributed by atoms with Crippen molar-refractivity contribution in [3.05, 3.63) is 10.8 Å². The lowest BCUT2D eigenvalue weighted by atomic mass is 10.1. The second kappa shape index (κ2) is 3.06. The van der Waals surface area contributed by atoms with Crippen molar-refractivity contribution < 1.29 is 9.90 Å². The molecule has 13 heavy (non-hydrogen) atoms. The number of aryl methyl sites for hydroxylation is 1. The number of carboxylic acid groups (broad SMARTS) is 1. The highest BCUT2D eigenvalue weighted by molar-refractivity contribution is 7.05. The lowest BCUT2D eigenvalue weighted by Gasteiger charge is -2.05. The minimum absolute atomic E-state index is 0.296. The third-order valence-electron chi connectivity index (χ3n) is 2.17. The first-order valence-corrected chi connectivity index (χ1v) is 4.99. The van der Waals surface area contributed by atoms with Gasteiger partial charge in [0, 0.05) is 0 Å². The number of hydrogen-bond acceptors (Lipinski definition) is 4. The van der Waals surface area contributed by atoms with Gasteiger partial charge >= 0.3 is 5.97 Å². The molecule has 1 fully saturated rings. The Kier molecular flexibility index (Phi) is 2.03. The van der Waals surface area contributed by atoms with E-state index in [1.54, 1.807) is 6.92 Å². The molecule has 0 radical (unpaired) electrons. The Morgan fingerprint density at radius 3 is 2.77 bits per heavy atom. The van der Waals surface area contributed by atoms with E-state index in [4.69, 9.17) is 5.11 Å². The molecule has 4 nitrogen and oxygen atoms in total. The highest BCUT2D eigenvalue weighted by atomic mass is 32.1. The molecule has 70 valence electrons. The van der Waals surface area contributed by atoms with Gasteiger partial charge in [-0.15, -0.1) is 0 Å². The molecular weight excluding hydrogens is 188 g/mol. The van der Waals surface area contributed by atoms with E-state index in [9.17, 15) is 4.79 Å². The van der Waals surface area contributed by atoms with E-state index in [-0.39, 0.29) is 0 Å². The summed E-state index contributed by atoms with van der Waals surface area (Å²) in [5.41, 5.74) is 0. The van der Waals surface area contributed by atoms with Gasteiger partial charge in [-0.1, -0.05) is 0 Å². The normalized spacial score (nSPS) is 18.5. The SMILES string of the molecule is Cc1nsc(C(C(=O)O)C2CC2)n1. The summed E-state index contributed by atoms with van der Waals surface area (Å²) in [6, 6.07) is 0. The number of rotatable bonds is 3. The molecule has 1 heterocycles. The summed E-state index contributed by atoms with van der Waals surface area (Å²) in [4.78, 5) is 15.0. The third-order valence-corrected chi connectivity index (χ3v) is 3.06. The fourth-order valence-corrected chi connectivity index (χ4v) is 2.22. The van der Waals surface area contributed by atoms with E-state index in [2.05, 4.69) is 9.36 Å². The third kappa shape index (κ3) is 1.70. The summed E-state index contributed by atoms with van der Waals surface area (Å²) in [7, 11) is 0. The minimum Gasteiger partial charge on any atom is -0.481 e. The molecule has 0 saturated heterocycles. The minimum atomic E-state index is -0.765. The molecule has 0 spiro atoms. The van der Waals surface area contributed by atoms with Gasteiger partial charge in [0.05, 0.1) is 0 Å². The largest absolute Gasteiger partial charge is 0.481 e. The lowest BCUT2D eigenvalue weighted by Crippen LogP contribution is -2.13. The molecule has 1 aliphatic rings. The van der Waals surface area contributed by atoms with Crippen molar-refractivity contribution in [2.45, 2.75) is 25.7 Å². The lowest BCUT2D eigenvalue weighted by molar-refractivity contribution is -0.139. The van der Waals surface area contributed by atoms with Gasteiger partial charge in [-0.25, -0.2) is 4.98 Å². The number of carboxylic acids is 1. The van der Waals surface area contributed by atoms with Crippen LogP contribution in [0.3, 0.4) is 0 Å². The maximum absolute atomic E-state index is 10.9. The molecule has 0 aromatic carbocycles. The van der Waals surface area contributed by atoms with Crippen molar-refractivity contribution in [1.29, 1.82) is 0 Å². The zero-order valence-corrected chi connectivity index (χ0v) is 8.04. The van der Waals surface area contributed by atoms with Gasteiger partial charge in [-0.2, -0.15) is 4.37 Å². The van der Waals surface area contributed by atoms with Crippen LogP contribution in [0.25, 0.3) is 0 Å². The van der Waals surface area contributed by atoms with Crippen molar-refractivity contribution >= 4 is 17.5 Å². The van der Waals surface area contributed by atoms with Gasteiger partial charge in [0.15, 0.2) is 0 Å². The van der Waals surface area contributed by atoms with Crippen molar-refractivity contribution in [3.8, 4) is 0 Å². The van der Waals surface area contributed by atoms with Crippen molar-refractivity contribution in [1.82, 2.24) is 9.36 Å². The maximum atomic E-state index is 10.9. The summed E-state index contributed by atoms with van der Waals surface area (Å²) in [6.07, 6.45) is 2.02. The van der Waals surface area contributed by atoms with Crippen LogP contribution in [0.1, 0.15) is 29.6 Å². The van der Waals surface area contributed by atoms with E-state index in [0.717, 1.165) is 12.8 Å². The molecular formula is C8H10N2O2S. The molecule has 1 unspecified atom stereocenters. The highest BCUT2D eigenvalue weighted by Crippen LogP contribution is 2.43. The van der Waals surface area contributed by atoms with Crippen molar-refractivity contribution in [2.75, 3.05) is 0 Å². The number of nitrogens with zero attached hydrogens (tertiary/aromatic N) is 2. The number of hydrogen-bond donors (Lipinski definition) is 1. The van der Waals surface area contributed by atoms with Crippen LogP contribution in [-0.2, 0) is 4.79 Å². The second-order valence-corrected chi connectivity index (χ2v) is 4.12. The van der Waals surface area contributed by atoms with Gasteiger partial charge in [-0.3, -0.25) is 4.79 Å². The van der Waals surface area contributed by atoms with Gasteiger partial charge in [-0.05, 0) is 37.2 Å². The molecule has 1 saturated carbocycles. The first kappa shape index (κ1) is 8.62. The molecule has 5 heteroatoms. The molecule has 1 atom stereocenters. The van der Waals surface area contributed by atoms with Gasteiger partial charge in [0.25, 0.3) is 0 Å². The summed E-state index contributed by atoms with van der Waals surface area (Å²) in [6.45, 7) is 1.78. The Bertz CT molecular complexity index is 333. The van der Waals surface area contributed by atoms with E-state index in [1.807, 2.05) is 0 Å². The van der Waals surface area contributed by atoms with E-state index in [0.29, 0.717) is 16.7 Å². The molecule has 2 rings (SSSR count). The second-order valence-electron chi connectivity index (χ2n) is 3.33. The van der Waals surface area contributed by atoms with Crippen LogP contribution in [0.5, 0.6) is 0 Å². The molecule has 1 aromatic heterocycles. The highest BCUT2D eigenvalue weighted by Gasteiger charge is 2.39. The summed E-state index contributed by atoms with van der Waals surface area (Å²) < 4.78 is 4.00. The van der Waals surface area contributed by atoms with Crippen LogP contribution in [0.2, 0.25) is 0 Å². The van der Waals surface area contributed by atoms with Crippen LogP contribution in [0.4, 0.5) is 0 Å². The first-order chi connectivity index (χ1) is 6.18. The predicted molar refractivity (Wildman–Crippen MR) is 47.7 cm³/mol. The van der Waals surface area contributed by atoms with Gasteiger partial charge < -0.3 is 5.11 Å². The Morgan fingerprint density at radius 1 is 1.69 bits per heavy atom. The molecule has 1 N–H and O–H groups in total. The van der Waals surface area contributed by atoms with Gasteiger partial charge in [0.1, 0.15) is 16.7 Å². The smallest absolute Gasteiger partial charge is 0.313 e. The molecule has 1 aliphatic carbocycles. The van der Waals surface area contributed by atoms with Crippen molar-refractivity contribution in [3.63, 3.8) is 0 Å². The summed E-state index contributed by atoms with van der Waals surface area (Å²) in [5.74, 6) is -0.207. The quantitative estimate of drug-likeness (QED) is 0.797. The average molecular weight is 198 g/mol. The van der Waals surface area contributed by atoms with E-state index >= 15 is 0 Å². The molecule has 0 aliphatic heterocycles.